The van der Waals surface area contributed by atoms with Crippen LogP contribution in [0.3, 0.4) is 0 Å². The van der Waals surface area contributed by atoms with E-state index in [-0.39, 0.29) is 5.91 Å². The third kappa shape index (κ3) is 5.85. The van der Waals surface area contributed by atoms with Crippen molar-refractivity contribution >= 4 is 48.0 Å². The number of nitrogens with zero attached hydrogens (tertiary/aromatic N) is 3. The Morgan fingerprint density at radius 3 is 2.70 bits per heavy atom. The number of amides is 1. The van der Waals surface area contributed by atoms with Gasteiger partial charge in [-0.25, -0.2) is 9.97 Å². The van der Waals surface area contributed by atoms with Crippen LogP contribution in [0, 0.1) is 5.92 Å². The third-order valence-electron chi connectivity index (χ3n) is 4.74. The van der Waals surface area contributed by atoms with Crippen LogP contribution in [0.1, 0.15) is 30.0 Å². The first-order valence-corrected chi connectivity index (χ1v) is 13.7. The van der Waals surface area contributed by atoms with E-state index >= 15 is 0 Å². The minimum atomic E-state index is -1.48. The molecule has 146 valence electrons. The highest BCUT2D eigenvalue weighted by molar-refractivity contribution is 7.16. The molecule has 27 heavy (non-hydrogen) atoms. The van der Waals surface area contributed by atoms with Crippen molar-refractivity contribution in [3.63, 3.8) is 0 Å². The second-order valence-corrected chi connectivity index (χ2v) is 14.3. The van der Waals surface area contributed by atoms with Gasteiger partial charge in [-0.1, -0.05) is 31.0 Å². The Hall–Kier alpha value is -1.77. The van der Waals surface area contributed by atoms with Crippen molar-refractivity contribution in [2.75, 3.05) is 25.5 Å². The van der Waals surface area contributed by atoms with Gasteiger partial charge in [0.25, 0.3) is 0 Å². The van der Waals surface area contributed by atoms with Gasteiger partial charge in [0.2, 0.25) is 11.8 Å². The fraction of sp³-hybridized carbons (Fsp3) is 0.526. The summed E-state index contributed by atoms with van der Waals surface area (Å²) in [6.45, 7) is 8.83. The molecule has 1 saturated heterocycles. The van der Waals surface area contributed by atoms with Crippen LogP contribution in [0.5, 0.6) is 0 Å². The van der Waals surface area contributed by atoms with Crippen LogP contribution in [-0.2, 0) is 4.79 Å². The first-order chi connectivity index (χ1) is 12.8. The average Bonchev–Trinajstić information content (AvgIpc) is 3.24. The second-order valence-electron chi connectivity index (χ2n) is 8.21. The van der Waals surface area contributed by atoms with E-state index in [4.69, 9.17) is 4.42 Å². The van der Waals surface area contributed by atoms with Gasteiger partial charge in [-0.3, -0.25) is 4.79 Å². The number of aromatic nitrogens is 2. The Morgan fingerprint density at radius 1 is 1.30 bits per heavy atom. The van der Waals surface area contributed by atoms with E-state index in [1.807, 2.05) is 18.3 Å². The van der Waals surface area contributed by atoms with Crippen molar-refractivity contribution in [2.24, 2.45) is 5.92 Å². The molecule has 1 N–H and O–H groups in total. The first kappa shape index (κ1) is 20.0. The highest BCUT2D eigenvalue weighted by Gasteiger charge is 2.21. The average molecular weight is 405 g/mol. The predicted octanol–water partition coefficient (Wildman–Crippen LogP) is 3.52. The molecule has 0 radical (unpaired) electrons. The quantitative estimate of drug-likeness (QED) is 0.746. The monoisotopic (exact) mass is 404 g/mol. The maximum Gasteiger partial charge on any atom is 0.226 e. The molecule has 6 nitrogen and oxygen atoms in total. The van der Waals surface area contributed by atoms with Crippen LogP contribution >= 0.6 is 11.3 Å². The van der Waals surface area contributed by atoms with E-state index < -0.39 is 8.07 Å². The lowest BCUT2D eigenvalue weighted by atomic mass is 9.93. The van der Waals surface area contributed by atoms with E-state index in [2.05, 4.69) is 46.9 Å². The third-order valence-corrected chi connectivity index (χ3v) is 7.32. The number of thiazole rings is 1. The Balaban J connectivity index is 1.52. The van der Waals surface area contributed by atoms with Crippen LogP contribution in [0.15, 0.2) is 16.8 Å². The lowest BCUT2D eigenvalue weighted by Crippen LogP contribution is -2.36. The molecule has 0 spiro atoms. The van der Waals surface area contributed by atoms with E-state index in [0.717, 1.165) is 36.2 Å². The molecular formula is C19H28N4O2SSi. The summed E-state index contributed by atoms with van der Waals surface area (Å²) in [4.78, 5) is 24.1. The van der Waals surface area contributed by atoms with Gasteiger partial charge in [0.05, 0.1) is 6.20 Å². The largest absolute Gasteiger partial charge is 0.447 e. The van der Waals surface area contributed by atoms with Crippen LogP contribution in [0.4, 0.5) is 5.13 Å². The summed E-state index contributed by atoms with van der Waals surface area (Å²) in [7, 11) is 0.649. The molecule has 0 unspecified atom stereocenters. The van der Waals surface area contributed by atoms with Crippen LogP contribution in [-0.4, -0.2) is 49.0 Å². The molecule has 1 fully saturated rings. The Labute approximate surface area is 165 Å². The number of nitrogens with one attached hydrogen (secondary N) is 1. The number of anilines is 1. The van der Waals surface area contributed by atoms with E-state index in [9.17, 15) is 4.79 Å². The maximum absolute atomic E-state index is 12.3. The molecule has 8 heteroatoms. The summed E-state index contributed by atoms with van der Waals surface area (Å²) in [5.74, 6) is 1.14. The molecule has 0 saturated carbocycles. The summed E-state index contributed by atoms with van der Waals surface area (Å²) >= 11 is 1.46. The molecule has 1 amide bonds. The number of hydrogen-bond donors (Lipinski definition) is 1. The minimum Gasteiger partial charge on any atom is -0.447 e. The summed E-state index contributed by atoms with van der Waals surface area (Å²) in [5, 5.41) is 4.57. The van der Waals surface area contributed by atoms with Gasteiger partial charge >= 0.3 is 0 Å². The minimum absolute atomic E-state index is 0.0573. The number of oxazole rings is 1. The van der Waals surface area contributed by atoms with Crippen molar-refractivity contribution in [1.82, 2.24) is 14.9 Å². The number of carbonyl (C=O) groups excluding carboxylic acids is 1. The SMILES string of the molecule is CN1CCC(CC(=O)Nc2ncc(/C=C/c3ncc([Si](C)(C)C)o3)s2)CC1. The molecule has 0 aromatic carbocycles. The first-order valence-electron chi connectivity index (χ1n) is 9.38. The van der Waals surface area contributed by atoms with Gasteiger partial charge in [0.15, 0.2) is 5.13 Å². The lowest BCUT2D eigenvalue weighted by molar-refractivity contribution is -0.117. The Bertz CT molecular complexity index is 801. The van der Waals surface area contributed by atoms with Crippen molar-refractivity contribution in [1.29, 1.82) is 0 Å². The normalized spacial score (nSPS) is 16.9. The second kappa shape index (κ2) is 8.49. The number of rotatable bonds is 6. The molecule has 3 rings (SSSR count). The molecule has 1 aliphatic heterocycles. The highest BCUT2D eigenvalue weighted by Crippen LogP contribution is 2.23. The molecule has 3 heterocycles. The molecule has 1 aliphatic rings. The Kier molecular flexibility index (Phi) is 6.28. The summed E-state index contributed by atoms with van der Waals surface area (Å²) in [6.07, 6.45) is 10.1. The standard InChI is InChI=1S/C19H28N4O2SSi/c1-23-9-7-14(8-10-23)11-16(24)22-19-21-12-15(26-19)5-6-17-20-13-18(25-17)27(2,3)4/h5-6,12-14H,7-11H2,1-4H3,(H,21,22,24)/b6-5+. The number of carbonyl (C=O) groups is 1. The molecule has 0 atom stereocenters. The number of piperidine rings is 1. The van der Waals surface area contributed by atoms with Crippen LogP contribution in [0.25, 0.3) is 12.2 Å². The highest BCUT2D eigenvalue weighted by atomic mass is 32.1. The lowest BCUT2D eigenvalue weighted by Gasteiger charge is -2.28. The molecule has 2 aromatic heterocycles. The number of hydrogen-bond acceptors (Lipinski definition) is 6. The van der Waals surface area contributed by atoms with Crippen molar-refractivity contribution in [2.45, 2.75) is 38.9 Å². The van der Waals surface area contributed by atoms with Crippen molar-refractivity contribution < 1.29 is 9.21 Å². The smallest absolute Gasteiger partial charge is 0.226 e. The summed E-state index contributed by atoms with van der Waals surface area (Å²) in [6, 6.07) is 0. The zero-order valence-corrected chi connectivity index (χ0v) is 18.3. The Morgan fingerprint density at radius 2 is 2.04 bits per heavy atom. The van der Waals surface area contributed by atoms with Crippen LogP contribution in [0.2, 0.25) is 19.6 Å². The predicted molar refractivity (Wildman–Crippen MR) is 114 cm³/mol. The summed E-state index contributed by atoms with van der Waals surface area (Å²) < 4.78 is 5.81. The van der Waals surface area contributed by atoms with Gasteiger partial charge in [-0.05, 0) is 45.0 Å². The van der Waals surface area contributed by atoms with Crippen molar-refractivity contribution in [3.05, 3.63) is 23.2 Å². The van der Waals surface area contributed by atoms with Gasteiger partial charge < -0.3 is 14.6 Å². The van der Waals surface area contributed by atoms with Gasteiger partial charge in [0, 0.05) is 23.6 Å². The van der Waals surface area contributed by atoms with Crippen LogP contribution < -0.4 is 10.7 Å². The van der Waals surface area contributed by atoms with Gasteiger partial charge in [0.1, 0.15) is 13.5 Å². The molecule has 2 aromatic rings. The molecular weight excluding hydrogens is 376 g/mol. The number of likely N-dealkylation sites (tertiary alicyclic amines) is 1. The zero-order valence-electron chi connectivity index (χ0n) is 16.5. The fourth-order valence-electron chi connectivity index (χ4n) is 2.98. The molecule has 0 bridgehead atoms. The van der Waals surface area contributed by atoms with Gasteiger partial charge in [-0.15, -0.1) is 0 Å². The zero-order chi connectivity index (χ0) is 19.4. The van der Waals surface area contributed by atoms with E-state index in [0.29, 0.717) is 23.4 Å². The van der Waals surface area contributed by atoms with Gasteiger partial charge in [-0.2, -0.15) is 0 Å². The topological polar surface area (TPSA) is 71.3 Å². The van der Waals surface area contributed by atoms with E-state index in [1.165, 1.54) is 11.3 Å². The summed E-state index contributed by atoms with van der Waals surface area (Å²) in [5.41, 5.74) is 0. The molecule has 0 aliphatic carbocycles. The van der Waals surface area contributed by atoms with Crippen molar-refractivity contribution in [3.8, 4) is 0 Å². The van der Waals surface area contributed by atoms with E-state index in [1.54, 1.807) is 6.20 Å². The fourth-order valence-corrected chi connectivity index (χ4v) is 4.58. The maximum atomic E-state index is 12.3.